The summed E-state index contributed by atoms with van der Waals surface area (Å²) in [4.78, 5) is 24.7. The molecule has 104 valence electrons. The van der Waals surface area contributed by atoms with Gasteiger partial charge in [-0.25, -0.2) is 4.79 Å². The monoisotopic (exact) mass is 265 g/mol. The van der Waals surface area contributed by atoms with Crippen molar-refractivity contribution < 1.29 is 19.4 Å². The van der Waals surface area contributed by atoms with Crippen LogP contribution in [0.3, 0.4) is 0 Å². The molecule has 0 saturated carbocycles. The number of aliphatic carboxylic acids is 1. The maximum absolute atomic E-state index is 11.7. The van der Waals surface area contributed by atoms with E-state index in [0.29, 0.717) is 17.9 Å². The van der Waals surface area contributed by atoms with Gasteiger partial charge in [0.15, 0.2) is 5.54 Å². The number of nitrogens with zero attached hydrogens (tertiary/aromatic N) is 1. The van der Waals surface area contributed by atoms with Crippen LogP contribution in [0.5, 0.6) is 5.75 Å². The largest absolute Gasteiger partial charge is 0.497 e. The van der Waals surface area contributed by atoms with Crippen LogP contribution in [0.1, 0.15) is 26.3 Å². The zero-order valence-electron chi connectivity index (χ0n) is 11.6. The Morgan fingerprint density at radius 1 is 1.42 bits per heavy atom. The second-order valence-corrected chi connectivity index (χ2v) is 4.37. The van der Waals surface area contributed by atoms with Crippen molar-refractivity contribution in [2.75, 3.05) is 13.7 Å². The van der Waals surface area contributed by atoms with Crippen molar-refractivity contribution in [3.63, 3.8) is 0 Å². The van der Waals surface area contributed by atoms with E-state index in [1.54, 1.807) is 31.2 Å². The summed E-state index contributed by atoms with van der Waals surface area (Å²) in [6.07, 6.45) is 0. The van der Waals surface area contributed by atoms with Gasteiger partial charge in [-0.05, 0) is 31.5 Å². The van der Waals surface area contributed by atoms with E-state index in [1.165, 1.54) is 25.9 Å². The molecule has 0 aromatic heterocycles. The zero-order chi connectivity index (χ0) is 14.6. The van der Waals surface area contributed by atoms with E-state index in [9.17, 15) is 14.7 Å². The first-order chi connectivity index (χ1) is 8.87. The molecular weight excluding hydrogens is 246 g/mol. The van der Waals surface area contributed by atoms with Crippen LogP contribution in [-0.4, -0.2) is 35.5 Å². The highest BCUT2D eigenvalue weighted by Crippen LogP contribution is 2.31. The second-order valence-electron chi connectivity index (χ2n) is 4.37. The minimum atomic E-state index is -1.41. The zero-order valence-corrected chi connectivity index (χ0v) is 11.6. The lowest BCUT2D eigenvalue weighted by molar-refractivity contribution is -0.158. The summed E-state index contributed by atoms with van der Waals surface area (Å²) in [5, 5.41) is 9.57. The predicted molar refractivity (Wildman–Crippen MR) is 71.0 cm³/mol. The lowest BCUT2D eigenvalue weighted by Gasteiger charge is -2.37. The average Bonchev–Trinajstić information content (AvgIpc) is 2.38. The predicted octanol–water partition coefficient (Wildman–Crippen LogP) is 1.86. The first kappa shape index (κ1) is 15.0. The fourth-order valence-corrected chi connectivity index (χ4v) is 2.17. The van der Waals surface area contributed by atoms with Gasteiger partial charge in [0.1, 0.15) is 5.75 Å². The van der Waals surface area contributed by atoms with E-state index in [2.05, 4.69) is 0 Å². The van der Waals surface area contributed by atoms with Crippen molar-refractivity contribution >= 4 is 11.9 Å². The maximum Gasteiger partial charge on any atom is 0.334 e. The van der Waals surface area contributed by atoms with E-state index >= 15 is 0 Å². The third-order valence-corrected chi connectivity index (χ3v) is 3.28. The summed E-state index contributed by atoms with van der Waals surface area (Å²) in [6, 6.07) is 6.76. The smallest absolute Gasteiger partial charge is 0.334 e. The fourth-order valence-electron chi connectivity index (χ4n) is 2.17. The summed E-state index contributed by atoms with van der Waals surface area (Å²) >= 11 is 0. The minimum Gasteiger partial charge on any atom is -0.497 e. The Kier molecular flexibility index (Phi) is 4.53. The van der Waals surface area contributed by atoms with Gasteiger partial charge < -0.3 is 14.7 Å². The van der Waals surface area contributed by atoms with Gasteiger partial charge >= 0.3 is 5.97 Å². The lowest BCUT2D eigenvalue weighted by atomic mass is 9.89. The van der Waals surface area contributed by atoms with Crippen LogP contribution >= 0.6 is 0 Å². The summed E-state index contributed by atoms with van der Waals surface area (Å²) in [5.74, 6) is -0.794. The number of amides is 1. The summed E-state index contributed by atoms with van der Waals surface area (Å²) in [5.41, 5.74) is -0.897. The topological polar surface area (TPSA) is 66.8 Å². The molecule has 1 unspecified atom stereocenters. The summed E-state index contributed by atoms with van der Waals surface area (Å²) in [6.45, 7) is 4.96. The number of carboxylic acids is 1. The number of hydrogen-bond donors (Lipinski definition) is 1. The number of likely N-dealkylation sites (N-methyl/N-ethyl adjacent to an activating group) is 1. The van der Waals surface area contributed by atoms with Crippen molar-refractivity contribution in [2.45, 2.75) is 26.3 Å². The summed E-state index contributed by atoms with van der Waals surface area (Å²) < 4.78 is 5.11. The van der Waals surface area contributed by atoms with Crippen molar-refractivity contribution in [3.05, 3.63) is 29.8 Å². The van der Waals surface area contributed by atoms with E-state index in [1.807, 2.05) is 0 Å². The molecule has 0 aliphatic rings. The molecule has 0 spiro atoms. The van der Waals surface area contributed by atoms with Crippen LogP contribution in [0.2, 0.25) is 0 Å². The van der Waals surface area contributed by atoms with E-state index in [0.717, 1.165) is 0 Å². The Balaban J connectivity index is 3.40. The molecule has 1 rings (SSSR count). The molecule has 0 bridgehead atoms. The standard InChI is InChI=1S/C14H19NO4/c1-5-15(10(2)16)14(3,13(17)18)11-7-6-8-12(9-11)19-4/h6-9H,5H2,1-4H3,(H,17,18). The fraction of sp³-hybridized carbons (Fsp3) is 0.429. The SMILES string of the molecule is CCN(C(C)=O)C(C)(C(=O)O)c1cccc(OC)c1. The van der Waals surface area contributed by atoms with E-state index in [-0.39, 0.29) is 5.91 Å². The Labute approximate surface area is 112 Å². The number of carbonyl (C=O) groups excluding carboxylic acids is 1. The van der Waals surface area contributed by atoms with Gasteiger partial charge in [0.2, 0.25) is 5.91 Å². The molecule has 1 amide bonds. The maximum atomic E-state index is 11.7. The van der Waals surface area contributed by atoms with E-state index in [4.69, 9.17) is 4.74 Å². The highest BCUT2D eigenvalue weighted by atomic mass is 16.5. The number of ether oxygens (including phenoxy) is 1. The Bertz CT molecular complexity index is 486. The third-order valence-electron chi connectivity index (χ3n) is 3.28. The normalized spacial score (nSPS) is 13.5. The molecule has 0 fully saturated rings. The molecule has 5 heteroatoms. The number of methoxy groups -OCH3 is 1. The Morgan fingerprint density at radius 2 is 2.05 bits per heavy atom. The van der Waals surface area contributed by atoms with Crippen LogP contribution in [0.15, 0.2) is 24.3 Å². The first-order valence-electron chi connectivity index (χ1n) is 6.04. The molecule has 5 nitrogen and oxygen atoms in total. The minimum absolute atomic E-state index is 0.282. The van der Waals surface area contributed by atoms with Crippen molar-refractivity contribution in [2.24, 2.45) is 0 Å². The van der Waals surface area contributed by atoms with Crippen LogP contribution in [-0.2, 0) is 15.1 Å². The van der Waals surface area contributed by atoms with Crippen LogP contribution in [0.25, 0.3) is 0 Å². The van der Waals surface area contributed by atoms with Gasteiger partial charge in [-0.15, -0.1) is 0 Å². The molecule has 0 saturated heterocycles. The second kappa shape index (κ2) is 5.73. The van der Waals surface area contributed by atoms with Gasteiger partial charge in [0.05, 0.1) is 7.11 Å². The molecule has 0 heterocycles. The average molecular weight is 265 g/mol. The number of hydrogen-bond acceptors (Lipinski definition) is 3. The Morgan fingerprint density at radius 3 is 2.47 bits per heavy atom. The molecule has 19 heavy (non-hydrogen) atoms. The number of carboxylic acid groups (broad SMARTS) is 1. The number of carbonyl (C=O) groups is 2. The third kappa shape index (κ3) is 2.70. The van der Waals surface area contributed by atoms with Crippen molar-refractivity contribution in [1.29, 1.82) is 0 Å². The van der Waals surface area contributed by atoms with Gasteiger partial charge in [0, 0.05) is 13.5 Å². The highest BCUT2D eigenvalue weighted by Gasteiger charge is 2.42. The molecule has 1 aromatic rings. The molecule has 1 aromatic carbocycles. The van der Waals surface area contributed by atoms with Crippen LogP contribution in [0.4, 0.5) is 0 Å². The molecule has 0 aliphatic carbocycles. The molecular formula is C14H19NO4. The molecule has 1 atom stereocenters. The van der Waals surface area contributed by atoms with E-state index < -0.39 is 11.5 Å². The molecule has 0 aliphatic heterocycles. The molecule has 1 N–H and O–H groups in total. The van der Waals surface area contributed by atoms with Crippen molar-refractivity contribution in [3.8, 4) is 5.75 Å². The van der Waals surface area contributed by atoms with Crippen LogP contribution < -0.4 is 4.74 Å². The highest BCUT2D eigenvalue weighted by molar-refractivity contribution is 5.87. The van der Waals surface area contributed by atoms with Gasteiger partial charge in [-0.3, -0.25) is 4.79 Å². The quantitative estimate of drug-likeness (QED) is 0.882. The number of rotatable bonds is 5. The summed E-state index contributed by atoms with van der Waals surface area (Å²) in [7, 11) is 1.51. The van der Waals surface area contributed by atoms with Gasteiger partial charge in [-0.1, -0.05) is 12.1 Å². The first-order valence-corrected chi connectivity index (χ1v) is 6.04. The lowest BCUT2D eigenvalue weighted by Crippen LogP contribution is -2.51. The number of benzene rings is 1. The van der Waals surface area contributed by atoms with Gasteiger partial charge in [-0.2, -0.15) is 0 Å². The molecule has 0 radical (unpaired) electrons. The van der Waals surface area contributed by atoms with Crippen molar-refractivity contribution in [1.82, 2.24) is 4.90 Å². The van der Waals surface area contributed by atoms with Crippen LogP contribution in [0, 0.1) is 0 Å². The van der Waals surface area contributed by atoms with Gasteiger partial charge in [0.25, 0.3) is 0 Å². The Hall–Kier alpha value is -2.04.